The second-order valence-corrected chi connectivity index (χ2v) is 9.07. The molecule has 4 rings (SSSR count). The third kappa shape index (κ3) is 3.15. The van der Waals surface area contributed by atoms with Gasteiger partial charge in [0, 0.05) is 25.6 Å². The van der Waals surface area contributed by atoms with Gasteiger partial charge in [0.15, 0.2) is 0 Å². The quantitative estimate of drug-likeness (QED) is 0.758. The molecule has 1 aromatic heterocycles. The Morgan fingerprint density at radius 2 is 2.04 bits per heavy atom. The van der Waals surface area contributed by atoms with E-state index >= 15 is 0 Å². The summed E-state index contributed by atoms with van der Waals surface area (Å²) in [5.41, 5.74) is -0.517. The maximum atomic E-state index is 12.6. The number of nitrogens with zero attached hydrogens (tertiary/aromatic N) is 4. The van der Waals surface area contributed by atoms with E-state index in [9.17, 15) is 8.42 Å². The van der Waals surface area contributed by atoms with E-state index in [1.807, 2.05) is 4.57 Å². The molecule has 3 aliphatic rings. The van der Waals surface area contributed by atoms with Gasteiger partial charge in [-0.25, -0.2) is 8.42 Å². The summed E-state index contributed by atoms with van der Waals surface area (Å²) in [7, 11) is -3.19. The van der Waals surface area contributed by atoms with Gasteiger partial charge in [-0.05, 0) is 19.3 Å². The van der Waals surface area contributed by atoms with Gasteiger partial charge in [-0.1, -0.05) is 0 Å². The smallest absolute Gasteiger partial charge is 0.217 e. The predicted octanol–water partition coefficient (Wildman–Crippen LogP) is -0.122. The molecule has 2 saturated heterocycles. The summed E-state index contributed by atoms with van der Waals surface area (Å²) in [5, 5.41) is 7.44. The van der Waals surface area contributed by atoms with Crippen LogP contribution in [-0.4, -0.2) is 71.2 Å². The topological polar surface area (TPSA) is 86.6 Å². The summed E-state index contributed by atoms with van der Waals surface area (Å²) in [5.74, 6) is 0.318. The second-order valence-electron chi connectivity index (χ2n) is 6.85. The van der Waals surface area contributed by atoms with Gasteiger partial charge in [0.2, 0.25) is 10.0 Å². The highest BCUT2D eigenvalue weighted by Gasteiger charge is 2.48. The van der Waals surface area contributed by atoms with Gasteiger partial charge >= 0.3 is 0 Å². The van der Waals surface area contributed by atoms with Gasteiger partial charge in [-0.15, -0.1) is 10.2 Å². The van der Waals surface area contributed by atoms with E-state index in [1.54, 1.807) is 17.0 Å². The Labute approximate surface area is 135 Å². The molecule has 23 heavy (non-hydrogen) atoms. The van der Waals surface area contributed by atoms with E-state index < -0.39 is 15.6 Å². The van der Waals surface area contributed by atoms with Crippen LogP contribution in [0.4, 0.5) is 0 Å². The van der Waals surface area contributed by atoms with Crippen molar-refractivity contribution in [1.29, 1.82) is 0 Å². The average Bonchev–Trinajstić information content (AvgIpc) is 3.20. The van der Waals surface area contributed by atoms with Crippen molar-refractivity contribution in [2.75, 3.05) is 32.9 Å². The monoisotopic (exact) mass is 342 g/mol. The van der Waals surface area contributed by atoms with Crippen LogP contribution in [0.25, 0.3) is 0 Å². The third-order valence-corrected chi connectivity index (χ3v) is 7.19. The van der Waals surface area contributed by atoms with E-state index in [4.69, 9.17) is 9.47 Å². The summed E-state index contributed by atoms with van der Waals surface area (Å²) < 4.78 is 40.4. The fourth-order valence-electron chi connectivity index (χ4n) is 3.55. The first-order valence-corrected chi connectivity index (χ1v) is 9.61. The first-order valence-electron chi connectivity index (χ1n) is 8.11. The zero-order valence-corrected chi connectivity index (χ0v) is 13.8. The molecular formula is C14H22N4O4S. The van der Waals surface area contributed by atoms with E-state index in [0.717, 1.165) is 25.8 Å². The minimum Gasteiger partial charge on any atom is -0.377 e. The lowest BCUT2D eigenvalue weighted by Gasteiger charge is -2.30. The predicted molar refractivity (Wildman–Crippen MR) is 81.1 cm³/mol. The fourth-order valence-corrected chi connectivity index (χ4v) is 5.44. The summed E-state index contributed by atoms with van der Waals surface area (Å²) in [4.78, 5) is 0. The van der Waals surface area contributed by atoms with Crippen molar-refractivity contribution in [3.8, 4) is 0 Å². The van der Waals surface area contributed by atoms with Crippen molar-refractivity contribution in [3.63, 3.8) is 0 Å². The molecule has 9 heteroatoms. The largest absolute Gasteiger partial charge is 0.377 e. The van der Waals surface area contributed by atoms with Crippen LogP contribution in [-0.2, 0) is 26.0 Å². The zero-order valence-electron chi connectivity index (χ0n) is 13.0. The zero-order chi connectivity index (χ0) is 15.9. The van der Waals surface area contributed by atoms with Gasteiger partial charge in [-0.3, -0.25) is 0 Å². The van der Waals surface area contributed by atoms with Gasteiger partial charge in [0.25, 0.3) is 0 Å². The number of hydrogen-bond acceptors (Lipinski definition) is 6. The molecule has 1 aromatic rings. The molecule has 2 aliphatic heterocycles. The van der Waals surface area contributed by atoms with Crippen molar-refractivity contribution in [2.24, 2.45) is 5.92 Å². The Hall–Kier alpha value is -1.03. The lowest BCUT2D eigenvalue weighted by Crippen LogP contribution is -2.47. The van der Waals surface area contributed by atoms with Gasteiger partial charge in [-0.2, -0.15) is 4.31 Å². The van der Waals surface area contributed by atoms with Crippen molar-refractivity contribution in [2.45, 2.75) is 36.7 Å². The highest BCUT2D eigenvalue weighted by Crippen LogP contribution is 2.37. The van der Waals surface area contributed by atoms with Crippen LogP contribution >= 0.6 is 0 Å². The number of aromatic nitrogens is 3. The summed E-state index contributed by atoms with van der Waals surface area (Å²) in [6, 6.07) is 0. The maximum Gasteiger partial charge on any atom is 0.217 e. The highest BCUT2D eigenvalue weighted by molar-refractivity contribution is 7.90. The first kappa shape index (κ1) is 15.5. The molecule has 0 aromatic carbocycles. The lowest BCUT2D eigenvalue weighted by atomic mass is 9.94. The Morgan fingerprint density at radius 3 is 2.78 bits per heavy atom. The molecule has 3 heterocycles. The molecule has 3 fully saturated rings. The molecule has 1 spiro atoms. The first-order chi connectivity index (χ1) is 11.1. The van der Waals surface area contributed by atoms with E-state index in [2.05, 4.69) is 10.2 Å². The Bertz CT molecular complexity index is 646. The number of hydrogen-bond donors (Lipinski definition) is 0. The average molecular weight is 342 g/mol. The fraction of sp³-hybridized carbons (Fsp3) is 0.857. The van der Waals surface area contributed by atoms with Crippen molar-refractivity contribution in [1.82, 2.24) is 19.1 Å². The lowest BCUT2D eigenvalue weighted by molar-refractivity contribution is -0.0512. The maximum absolute atomic E-state index is 12.6. The molecule has 2 atom stereocenters. The molecule has 0 bridgehead atoms. The number of ether oxygens (including phenoxy) is 2. The molecule has 0 amide bonds. The van der Waals surface area contributed by atoms with E-state index in [1.165, 1.54) is 0 Å². The number of rotatable bonds is 4. The van der Waals surface area contributed by atoms with Crippen LogP contribution in [0.2, 0.25) is 0 Å². The van der Waals surface area contributed by atoms with Gasteiger partial charge in [0.05, 0.1) is 25.1 Å². The van der Waals surface area contributed by atoms with Crippen LogP contribution in [0.3, 0.4) is 0 Å². The van der Waals surface area contributed by atoms with Crippen LogP contribution in [0.5, 0.6) is 0 Å². The summed E-state index contributed by atoms with van der Waals surface area (Å²) in [6.07, 6.45) is 5.74. The highest BCUT2D eigenvalue weighted by atomic mass is 32.2. The van der Waals surface area contributed by atoms with Crippen molar-refractivity contribution >= 4 is 10.0 Å². The summed E-state index contributed by atoms with van der Waals surface area (Å²) >= 11 is 0. The minimum atomic E-state index is -3.19. The SMILES string of the molecule is O=S(=O)(C1CC1)N1CCOCC2(CC(Cn3cnnc3)CO2)C1. The Balaban J connectivity index is 1.46. The van der Waals surface area contributed by atoms with Crippen LogP contribution in [0.15, 0.2) is 12.7 Å². The second kappa shape index (κ2) is 5.80. The molecule has 8 nitrogen and oxygen atoms in total. The molecule has 128 valence electrons. The number of sulfonamides is 1. The van der Waals surface area contributed by atoms with Crippen molar-refractivity contribution < 1.29 is 17.9 Å². The normalized spacial score (nSPS) is 33.1. The van der Waals surface area contributed by atoms with E-state index in [0.29, 0.717) is 38.8 Å². The molecule has 0 radical (unpaired) electrons. The Morgan fingerprint density at radius 1 is 1.26 bits per heavy atom. The van der Waals surface area contributed by atoms with Crippen molar-refractivity contribution in [3.05, 3.63) is 12.7 Å². The standard InChI is InChI=1S/C14H22N4O4S/c19-23(20,13-1-2-13)18-3-4-21-9-14(8-18)5-12(7-22-14)6-17-10-15-16-11-17/h10-13H,1-9H2. The summed E-state index contributed by atoms with van der Waals surface area (Å²) in [6.45, 7) is 3.13. The molecule has 2 unspecified atom stereocenters. The van der Waals surface area contributed by atoms with Crippen LogP contribution in [0.1, 0.15) is 19.3 Å². The van der Waals surface area contributed by atoms with E-state index in [-0.39, 0.29) is 5.25 Å². The third-order valence-electron chi connectivity index (χ3n) is 4.84. The molecule has 1 aliphatic carbocycles. The molecule has 1 saturated carbocycles. The molecule has 0 N–H and O–H groups in total. The molecular weight excluding hydrogens is 320 g/mol. The Kier molecular flexibility index (Phi) is 3.91. The van der Waals surface area contributed by atoms with Gasteiger partial charge in [0.1, 0.15) is 18.3 Å². The van der Waals surface area contributed by atoms with Gasteiger partial charge < -0.3 is 14.0 Å². The van der Waals surface area contributed by atoms with Crippen LogP contribution < -0.4 is 0 Å². The van der Waals surface area contributed by atoms with Crippen LogP contribution in [0, 0.1) is 5.92 Å². The minimum absolute atomic E-state index is 0.188.